The first kappa shape index (κ1) is 20.0. The number of ether oxygens (including phenoxy) is 1. The largest absolute Gasteiger partial charge is 0.444 e. The topological polar surface area (TPSA) is 92.8 Å². The third-order valence-electron chi connectivity index (χ3n) is 2.25. The standard InChI is InChI=1S/C12H23ClN2O5S/c1-12(2,3)20-11(17)14-5-6-15(10(16)9-13)7-8-21(4,18)19/h5-9H2,1-4H3,(H,14,17). The van der Waals surface area contributed by atoms with Gasteiger partial charge < -0.3 is 15.0 Å². The van der Waals surface area contributed by atoms with Gasteiger partial charge in [-0.15, -0.1) is 11.6 Å². The van der Waals surface area contributed by atoms with Gasteiger partial charge in [-0.2, -0.15) is 0 Å². The SMILES string of the molecule is CC(C)(C)OC(=O)NCCN(CCS(C)(=O)=O)C(=O)CCl. The number of alkyl carbamates (subject to hydrolysis) is 1. The minimum atomic E-state index is -3.18. The van der Waals surface area contributed by atoms with Crippen molar-refractivity contribution in [3.8, 4) is 0 Å². The molecule has 21 heavy (non-hydrogen) atoms. The van der Waals surface area contributed by atoms with E-state index in [0.717, 1.165) is 6.26 Å². The zero-order chi connectivity index (χ0) is 16.7. The Bertz CT molecular complexity index is 459. The van der Waals surface area contributed by atoms with Gasteiger partial charge >= 0.3 is 6.09 Å². The second-order valence-corrected chi connectivity index (χ2v) is 8.10. The van der Waals surface area contributed by atoms with Crippen molar-refractivity contribution >= 4 is 33.4 Å². The third kappa shape index (κ3) is 11.3. The van der Waals surface area contributed by atoms with E-state index in [1.54, 1.807) is 20.8 Å². The van der Waals surface area contributed by atoms with Gasteiger partial charge in [-0.25, -0.2) is 13.2 Å². The quantitative estimate of drug-likeness (QED) is 0.685. The van der Waals surface area contributed by atoms with Crippen LogP contribution in [-0.2, 0) is 19.4 Å². The van der Waals surface area contributed by atoms with E-state index in [0.29, 0.717) is 0 Å². The molecule has 0 unspecified atom stereocenters. The lowest BCUT2D eigenvalue weighted by molar-refractivity contribution is -0.128. The number of amides is 2. The van der Waals surface area contributed by atoms with Crippen LogP contribution in [0.4, 0.5) is 4.79 Å². The molecule has 0 aliphatic heterocycles. The number of hydrogen-bond acceptors (Lipinski definition) is 5. The molecule has 0 saturated heterocycles. The molecular formula is C12H23ClN2O5S. The van der Waals surface area contributed by atoms with E-state index < -0.39 is 21.5 Å². The Morgan fingerprint density at radius 3 is 2.24 bits per heavy atom. The zero-order valence-electron chi connectivity index (χ0n) is 12.8. The van der Waals surface area contributed by atoms with Crippen LogP contribution < -0.4 is 5.32 Å². The molecule has 0 bridgehead atoms. The van der Waals surface area contributed by atoms with E-state index in [9.17, 15) is 18.0 Å². The van der Waals surface area contributed by atoms with Crippen LogP contribution in [0.25, 0.3) is 0 Å². The molecule has 0 radical (unpaired) electrons. The van der Waals surface area contributed by atoms with E-state index >= 15 is 0 Å². The highest BCUT2D eigenvalue weighted by molar-refractivity contribution is 7.90. The van der Waals surface area contributed by atoms with Crippen LogP contribution in [0.1, 0.15) is 20.8 Å². The number of rotatable bonds is 7. The maximum atomic E-state index is 11.6. The molecule has 0 aromatic carbocycles. The average Bonchev–Trinajstić information content (AvgIpc) is 2.29. The molecule has 0 aliphatic rings. The summed E-state index contributed by atoms with van der Waals surface area (Å²) in [5.74, 6) is -0.774. The molecule has 124 valence electrons. The number of halogens is 1. The van der Waals surface area contributed by atoms with Crippen molar-refractivity contribution in [2.45, 2.75) is 26.4 Å². The first-order chi connectivity index (χ1) is 9.44. The summed E-state index contributed by atoms with van der Waals surface area (Å²) in [7, 11) is -3.18. The summed E-state index contributed by atoms with van der Waals surface area (Å²) in [6.45, 7) is 5.58. The van der Waals surface area contributed by atoms with Crippen molar-refractivity contribution in [1.29, 1.82) is 0 Å². The highest BCUT2D eigenvalue weighted by Gasteiger charge is 2.17. The van der Waals surface area contributed by atoms with Crippen molar-refractivity contribution < 1.29 is 22.7 Å². The molecule has 0 rings (SSSR count). The summed E-state index contributed by atoms with van der Waals surface area (Å²) >= 11 is 5.47. The molecule has 0 atom stereocenters. The molecule has 9 heteroatoms. The number of carbonyl (C=O) groups excluding carboxylic acids is 2. The predicted molar refractivity (Wildman–Crippen MR) is 81.2 cm³/mol. The molecule has 0 heterocycles. The van der Waals surface area contributed by atoms with Gasteiger partial charge in [0.1, 0.15) is 21.3 Å². The molecule has 7 nitrogen and oxygen atoms in total. The molecule has 0 aromatic rings. The summed E-state index contributed by atoms with van der Waals surface area (Å²) in [6.07, 6.45) is 0.499. The lowest BCUT2D eigenvalue weighted by Crippen LogP contribution is -2.42. The number of hydrogen-bond donors (Lipinski definition) is 1. The van der Waals surface area contributed by atoms with Gasteiger partial charge in [-0.3, -0.25) is 4.79 Å². The van der Waals surface area contributed by atoms with Crippen LogP contribution in [0, 0.1) is 0 Å². The lowest BCUT2D eigenvalue weighted by atomic mass is 10.2. The van der Waals surface area contributed by atoms with Gasteiger partial charge in [0.15, 0.2) is 0 Å². The second kappa shape index (κ2) is 8.43. The van der Waals surface area contributed by atoms with E-state index in [-0.39, 0.29) is 37.2 Å². The van der Waals surface area contributed by atoms with Gasteiger partial charge in [0.05, 0.1) is 5.75 Å². The number of nitrogens with zero attached hydrogens (tertiary/aromatic N) is 1. The second-order valence-electron chi connectivity index (χ2n) is 5.57. The van der Waals surface area contributed by atoms with Gasteiger partial charge in [-0.05, 0) is 20.8 Å². The molecule has 0 saturated carbocycles. The van der Waals surface area contributed by atoms with Crippen molar-refractivity contribution in [1.82, 2.24) is 10.2 Å². The van der Waals surface area contributed by atoms with E-state index in [2.05, 4.69) is 5.32 Å². The molecule has 0 spiro atoms. The first-order valence-electron chi connectivity index (χ1n) is 6.43. The van der Waals surface area contributed by atoms with Crippen molar-refractivity contribution in [3.63, 3.8) is 0 Å². The third-order valence-corrected chi connectivity index (χ3v) is 3.40. The summed E-state index contributed by atoms with van der Waals surface area (Å²) in [5, 5.41) is 2.50. The Labute approximate surface area is 130 Å². The van der Waals surface area contributed by atoms with Crippen LogP contribution in [0.3, 0.4) is 0 Å². The fourth-order valence-corrected chi connectivity index (χ4v) is 2.05. The molecule has 2 amide bonds. The Morgan fingerprint density at radius 2 is 1.81 bits per heavy atom. The maximum Gasteiger partial charge on any atom is 0.407 e. The Kier molecular flexibility index (Phi) is 8.02. The highest BCUT2D eigenvalue weighted by atomic mass is 35.5. The normalized spacial score (nSPS) is 11.9. The van der Waals surface area contributed by atoms with Crippen molar-refractivity contribution in [3.05, 3.63) is 0 Å². The number of nitrogens with one attached hydrogen (secondary N) is 1. The van der Waals surface area contributed by atoms with E-state index in [1.807, 2.05) is 0 Å². The highest BCUT2D eigenvalue weighted by Crippen LogP contribution is 2.06. The van der Waals surface area contributed by atoms with Gasteiger partial charge in [0.2, 0.25) is 5.91 Å². The van der Waals surface area contributed by atoms with Gasteiger partial charge in [-0.1, -0.05) is 0 Å². The monoisotopic (exact) mass is 342 g/mol. The van der Waals surface area contributed by atoms with Gasteiger partial charge in [0, 0.05) is 25.9 Å². The summed E-state index contributed by atoms with van der Waals surface area (Å²) < 4.78 is 27.3. The minimum absolute atomic E-state index is 0.0420. The fourth-order valence-electron chi connectivity index (χ4n) is 1.33. The van der Waals surface area contributed by atoms with Gasteiger partial charge in [0.25, 0.3) is 0 Å². The summed E-state index contributed by atoms with van der Waals surface area (Å²) in [6, 6.07) is 0. The Hall–Kier alpha value is -1.02. The maximum absolute atomic E-state index is 11.6. The molecular weight excluding hydrogens is 320 g/mol. The van der Waals surface area contributed by atoms with Crippen LogP contribution in [-0.4, -0.2) is 68.4 Å². The smallest absolute Gasteiger partial charge is 0.407 e. The van der Waals surface area contributed by atoms with Crippen molar-refractivity contribution in [2.75, 3.05) is 37.5 Å². The van der Waals surface area contributed by atoms with Crippen LogP contribution in [0.15, 0.2) is 0 Å². The van der Waals surface area contributed by atoms with Crippen molar-refractivity contribution in [2.24, 2.45) is 0 Å². The lowest BCUT2D eigenvalue weighted by Gasteiger charge is -2.23. The predicted octanol–water partition coefficient (Wildman–Crippen LogP) is 0.623. The number of alkyl halides is 1. The Balaban J connectivity index is 4.31. The molecule has 1 N–H and O–H groups in total. The molecule has 0 aliphatic carbocycles. The van der Waals surface area contributed by atoms with E-state index in [4.69, 9.17) is 16.3 Å². The average molecular weight is 343 g/mol. The van der Waals surface area contributed by atoms with E-state index in [1.165, 1.54) is 4.90 Å². The minimum Gasteiger partial charge on any atom is -0.444 e. The fraction of sp³-hybridized carbons (Fsp3) is 0.833. The number of sulfone groups is 1. The first-order valence-corrected chi connectivity index (χ1v) is 9.02. The summed E-state index contributed by atoms with van der Waals surface area (Å²) in [4.78, 5) is 24.3. The number of carbonyl (C=O) groups is 2. The molecule has 0 fully saturated rings. The zero-order valence-corrected chi connectivity index (χ0v) is 14.4. The van der Waals surface area contributed by atoms with Crippen LogP contribution in [0.2, 0.25) is 0 Å². The Morgan fingerprint density at radius 1 is 1.24 bits per heavy atom. The van der Waals surface area contributed by atoms with Crippen LogP contribution in [0.5, 0.6) is 0 Å². The summed E-state index contributed by atoms with van der Waals surface area (Å²) in [5.41, 5.74) is -0.605. The van der Waals surface area contributed by atoms with Crippen LogP contribution >= 0.6 is 11.6 Å². The molecule has 0 aromatic heterocycles.